The Morgan fingerprint density at radius 2 is 2.10 bits per heavy atom. The lowest BCUT2D eigenvalue weighted by Crippen LogP contribution is -2.42. The lowest BCUT2D eigenvalue weighted by Gasteiger charge is -2.30. The largest absolute Gasteiger partial charge is 0.493 e. The number of rotatable bonds is 3. The summed E-state index contributed by atoms with van der Waals surface area (Å²) < 4.78 is 11.0. The van der Waals surface area contributed by atoms with E-state index in [0.717, 1.165) is 17.7 Å². The van der Waals surface area contributed by atoms with Crippen LogP contribution in [0.15, 0.2) is 24.3 Å². The van der Waals surface area contributed by atoms with E-state index in [1.54, 1.807) is 0 Å². The topological polar surface area (TPSA) is 47.6 Å². The van der Waals surface area contributed by atoms with E-state index in [2.05, 4.69) is 5.32 Å². The van der Waals surface area contributed by atoms with Gasteiger partial charge in [0, 0.05) is 18.0 Å². The fraction of sp³-hybridized carbons (Fsp3) is 0.562. The van der Waals surface area contributed by atoms with Crippen molar-refractivity contribution >= 4 is 5.97 Å². The minimum absolute atomic E-state index is 0.127. The van der Waals surface area contributed by atoms with Crippen molar-refractivity contribution in [1.82, 2.24) is 5.32 Å². The molecule has 1 N–H and O–H groups in total. The maximum absolute atomic E-state index is 12.0. The molecule has 2 rings (SSSR count). The zero-order chi connectivity index (χ0) is 14.8. The van der Waals surface area contributed by atoms with Gasteiger partial charge in [-0.25, -0.2) is 0 Å². The predicted octanol–water partition coefficient (Wildman–Crippen LogP) is 2.83. The van der Waals surface area contributed by atoms with Gasteiger partial charge in [0.2, 0.25) is 0 Å². The second-order valence-electron chi connectivity index (χ2n) is 6.15. The van der Waals surface area contributed by atoms with Crippen LogP contribution in [0.25, 0.3) is 0 Å². The molecule has 0 fully saturated rings. The van der Waals surface area contributed by atoms with Gasteiger partial charge in [0.15, 0.2) is 0 Å². The van der Waals surface area contributed by atoms with Crippen molar-refractivity contribution < 1.29 is 14.3 Å². The smallest absolute Gasteiger partial charge is 0.323 e. The van der Waals surface area contributed by atoms with Crippen LogP contribution in [0.3, 0.4) is 0 Å². The van der Waals surface area contributed by atoms with E-state index in [9.17, 15) is 4.79 Å². The SMILES string of the molecule is CC(NC1CCOc2ccccc21)C(=O)OC(C)(C)C. The fourth-order valence-electron chi connectivity index (χ4n) is 2.28. The Morgan fingerprint density at radius 3 is 2.80 bits per heavy atom. The minimum atomic E-state index is -0.458. The van der Waals surface area contributed by atoms with E-state index in [-0.39, 0.29) is 18.1 Å². The van der Waals surface area contributed by atoms with Crippen LogP contribution < -0.4 is 10.1 Å². The lowest BCUT2D eigenvalue weighted by molar-refractivity contribution is -0.157. The molecule has 1 aliphatic heterocycles. The van der Waals surface area contributed by atoms with Gasteiger partial charge in [-0.05, 0) is 33.8 Å². The number of benzene rings is 1. The van der Waals surface area contributed by atoms with Gasteiger partial charge in [0.25, 0.3) is 0 Å². The number of ether oxygens (including phenoxy) is 2. The molecule has 110 valence electrons. The Hall–Kier alpha value is -1.55. The van der Waals surface area contributed by atoms with Crippen molar-refractivity contribution in [2.45, 2.75) is 51.8 Å². The molecule has 0 aliphatic carbocycles. The van der Waals surface area contributed by atoms with Gasteiger partial charge in [0.1, 0.15) is 17.4 Å². The molecule has 1 aromatic carbocycles. The van der Waals surface area contributed by atoms with Crippen molar-refractivity contribution in [2.75, 3.05) is 6.61 Å². The van der Waals surface area contributed by atoms with Gasteiger partial charge in [-0.2, -0.15) is 0 Å². The monoisotopic (exact) mass is 277 g/mol. The number of nitrogens with one attached hydrogen (secondary N) is 1. The standard InChI is InChI=1S/C16H23NO3/c1-11(15(18)20-16(2,3)4)17-13-9-10-19-14-8-6-5-7-12(13)14/h5-8,11,13,17H,9-10H2,1-4H3. The highest BCUT2D eigenvalue weighted by atomic mass is 16.6. The third-order valence-electron chi connectivity index (χ3n) is 3.17. The van der Waals surface area contributed by atoms with E-state index < -0.39 is 5.60 Å². The number of carbonyl (C=O) groups excluding carboxylic acids is 1. The summed E-state index contributed by atoms with van der Waals surface area (Å²) in [4.78, 5) is 12.0. The average molecular weight is 277 g/mol. The highest BCUT2D eigenvalue weighted by molar-refractivity contribution is 5.75. The molecule has 1 aromatic rings. The Balaban J connectivity index is 2.02. The number of fused-ring (bicyclic) bond motifs is 1. The summed E-state index contributed by atoms with van der Waals surface area (Å²) >= 11 is 0. The Bertz CT molecular complexity index is 479. The molecule has 0 bridgehead atoms. The van der Waals surface area contributed by atoms with Gasteiger partial charge in [0.05, 0.1) is 6.61 Å². The molecule has 20 heavy (non-hydrogen) atoms. The molecule has 1 heterocycles. The first kappa shape index (κ1) is 14.9. The minimum Gasteiger partial charge on any atom is -0.493 e. The number of esters is 1. The molecule has 4 heteroatoms. The Kier molecular flexibility index (Phi) is 4.33. The van der Waals surface area contributed by atoms with E-state index in [1.807, 2.05) is 52.0 Å². The van der Waals surface area contributed by atoms with Gasteiger partial charge < -0.3 is 9.47 Å². The van der Waals surface area contributed by atoms with Crippen LogP contribution in [-0.4, -0.2) is 24.2 Å². The molecular weight excluding hydrogens is 254 g/mol. The zero-order valence-corrected chi connectivity index (χ0v) is 12.6. The normalized spacial score (nSPS) is 19.7. The first-order valence-corrected chi connectivity index (χ1v) is 7.07. The highest BCUT2D eigenvalue weighted by Gasteiger charge is 2.27. The van der Waals surface area contributed by atoms with Crippen LogP contribution >= 0.6 is 0 Å². The third kappa shape index (κ3) is 3.73. The first-order chi connectivity index (χ1) is 9.37. The van der Waals surface area contributed by atoms with Crippen molar-refractivity contribution in [1.29, 1.82) is 0 Å². The molecular formula is C16H23NO3. The van der Waals surface area contributed by atoms with Gasteiger partial charge in [-0.1, -0.05) is 18.2 Å². The van der Waals surface area contributed by atoms with E-state index in [0.29, 0.717) is 6.61 Å². The molecule has 0 amide bonds. The van der Waals surface area contributed by atoms with Crippen molar-refractivity contribution in [3.63, 3.8) is 0 Å². The Labute approximate surface area is 120 Å². The first-order valence-electron chi connectivity index (χ1n) is 7.07. The van der Waals surface area contributed by atoms with Crippen LogP contribution in [-0.2, 0) is 9.53 Å². The summed E-state index contributed by atoms with van der Waals surface area (Å²) in [5, 5.41) is 3.34. The molecule has 0 spiro atoms. The van der Waals surface area contributed by atoms with E-state index >= 15 is 0 Å². The van der Waals surface area contributed by atoms with Gasteiger partial charge >= 0.3 is 5.97 Å². The van der Waals surface area contributed by atoms with E-state index in [1.165, 1.54) is 0 Å². The number of hydrogen-bond donors (Lipinski definition) is 1. The molecule has 1 aliphatic rings. The lowest BCUT2D eigenvalue weighted by atomic mass is 10.00. The summed E-state index contributed by atoms with van der Waals surface area (Å²) in [7, 11) is 0. The maximum atomic E-state index is 12.0. The van der Waals surface area contributed by atoms with Crippen molar-refractivity contribution in [3.05, 3.63) is 29.8 Å². The molecule has 2 atom stereocenters. The third-order valence-corrected chi connectivity index (χ3v) is 3.17. The van der Waals surface area contributed by atoms with Crippen LogP contribution in [0, 0.1) is 0 Å². The van der Waals surface area contributed by atoms with Crippen LogP contribution in [0.4, 0.5) is 0 Å². The summed E-state index contributed by atoms with van der Waals surface area (Å²) in [5.41, 5.74) is 0.648. The Morgan fingerprint density at radius 1 is 1.40 bits per heavy atom. The van der Waals surface area contributed by atoms with Crippen LogP contribution in [0.5, 0.6) is 5.75 Å². The molecule has 2 unspecified atom stereocenters. The fourth-order valence-corrected chi connectivity index (χ4v) is 2.28. The molecule has 4 nitrogen and oxygen atoms in total. The predicted molar refractivity (Wildman–Crippen MR) is 77.7 cm³/mol. The number of para-hydroxylation sites is 1. The summed E-state index contributed by atoms with van der Waals surface area (Å²) in [6, 6.07) is 7.72. The molecule has 0 aromatic heterocycles. The molecule has 0 saturated carbocycles. The summed E-state index contributed by atoms with van der Waals surface area (Å²) in [5.74, 6) is 0.675. The van der Waals surface area contributed by atoms with Gasteiger partial charge in [-0.3, -0.25) is 10.1 Å². The van der Waals surface area contributed by atoms with Crippen LogP contribution in [0.1, 0.15) is 45.7 Å². The van der Waals surface area contributed by atoms with Crippen LogP contribution in [0.2, 0.25) is 0 Å². The number of carbonyl (C=O) groups is 1. The highest BCUT2D eigenvalue weighted by Crippen LogP contribution is 2.31. The molecule has 0 radical (unpaired) electrons. The molecule has 0 saturated heterocycles. The second kappa shape index (κ2) is 5.83. The quantitative estimate of drug-likeness (QED) is 0.863. The van der Waals surface area contributed by atoms with Crippen molar-refractivity contribution in [3.8, 4) is 5.75 Å². The number of hydrogen-bond acceptors (Lipinski definition) is 4. The average Bonchev–Trinajstić information content (AvgIpc) is 2.37. The second-order valence-corrected chi connectivity index (χ2v) is 6.15. The van der Waals surface area contributed by atoms with Crippen molar-refractivity contribution in [2.24, 2.45) is 0 Å². The summed E-state index contributed by atoms with van der Waals surface area (Å²) in [6.45, 7) is 8.13. The van der Waals surface area contributed by atoms with E-state index in [4.69, 9.17) is 9.47 Å². The maximum Gasteiger partial charge on any atom is 0.323 e. The van der Waals surface area contributed by atoms with Gasteiger partial charge in [-0.15, -0.1) is 0 Å². The summed E-state index contributed by atoms with van der Waals surface area (Å²) in [6.07, 6.45) is 0.851. The zero-order valence-electron chi connectivity index (χ0n) is 12.6.